The number of sulfonamides is 1. The smallest absolute Gasteiger partial charge is 0.257 e. The summed E-state index contributed by atoms with van der Waals surface area (Å²) < 4.78 is 33.9. The van der Waals surface area contributed by atoms with Crippen molar-refractivity contribution in [1.82, 2.24) is 19.8 Å². The van der Waals surface area contributed by atoms with Crippen LogP contribution in [0.15, 0.2) is 64.0 Å². The van der Waals surface area contributed by atoms with E-state index in [1.165, 1.54) is 0 Å². The van der Waals surface area contributed by atoms with Crippen LogP contribution in [0.3, 0.4) is 0 Å². The van der Waals surface area contributed by atoms with Crippen LogP contribution in [0.4, 0.5) is 0 Å². The van der Waals surface area contributed by atoms with Crippen molar-refractivity contribution in [3.8, 4) is 11.5 Å². The third-order valence-electron chi connectivity index (χ3n) is 6.18. The van der Waals surface area contributed by atoms with Gasteiger partial charge in [0.25, 0.3) is 5.89 Å². The van der Waals surface area contributed by atoms with Gasteiger partial charge in [-0.2, -0.15) is 9.71 Å². The predicted octanol–water partition coefficient (Wildman–Crippen LogP) is 3.75. The number of nitrogens with one attached hydrogen (secondary N) is 1. The molecule has 180 valence electrons. The van der Waals surface area contributed by atoms with Crippen molar-refractivity contribution in [2.75, 3.05) is 13.1 Å². The topological polar surface area (TPSA) is 105 Å². The number of aryl methyl sites for hydroxylation is 1. The molecule has 0 saturated carbocycles. The van der Waals surface area contributed by atoms with Crippen LogP contribution in [0.5, 0.6) is 0 Å². The summed E-state index contributed by atoms with van der Waals surface area (Å²) in [7, 11) is -3.81. The van der Waals surface area contributed by atoms with Gasteiger partial charge in [-0.15, -0.1) is 0 Å². The average molecular weight is 483 g/mol. The summed E-state index contributed by atoms with van der Waals surface area (Å²) in [6.45, 7) is 6.60. The van der Waals surface area contributed by atoms with Crippen LogP contribution in [0.1, 0.15) is 44.0 Å². The van der Waals surface area contributed by atoms with Gasteiger partial charge < -0.3 is 9.42 Å². The molecule has 2 heterocycles. The van der Waals surface area contributed by atoms with E-state index in [0.29, 0.717) is 37.6 Å². The number of nitrogens with zero attached hydrogens (tertiary/aromatic N) is 3. The second kappa shape index (κ2) is 10.1. The van der Waals surface area contributed by atoms with Crippen molar-refractivity contribution in [2.24, 2.45) is 5.92 Å². The SMILES string of the molecule is Cc1ccc(S(=O)(=O)N[C@@H](C(=O)N2CCC(c3noc(-c4ccccc4)n3)CC2)C(C)C)cc1. The van der Waals surface area contributed by atoms with Crippen molar-refractivity contribution < 1.29 is 17.7 Å². The zero-order valence-electron chi connectivity index (χ0n) is 19.6. The number of benzene rings is 2. The Morgan fingerprint density at radius 1 is 1.06 bits per heavy atom. The van der Waals surface area contributed by atoms with Gasteiger partial charge >= 0.3 is 0 Å². The fraction of sp³-hybridized carbons (Fsp3) is 0.400. The molecule has 0 radical (unpaired) electrons. The Morgan fingerprint density at radius 3 is 2.32 bits per heavy atom. The van der Waals surface area contributed by atoms with E-state index in [1.54, 1.807) is 29.2 Å². The molecule has 0 aliphatic carbocycles. The van der Waals surface area contributed by atoms with Crippen molar-refractivity contribution in [3.05, 3.63) is 66.0 Å². The Morgan fingerprint density at radius 2 is 1.71 bits per heavy atom. The summed E-state index contributed by atoms with van der Waals surface area (Å²) in [6.07, 6.45) is 1.38. The molecule has 1 fully saturated rings. The molecular weight excluding hydrogens is 452 g/mol. The lowest BCUT2D eigenvalue weighted by Gasteiger charge is -2.34. The van der Waals surface area contributed by atoms with Crippen molar-refractivity contribution in [3.63, 3.8) is 0 Å². The van der Waals surface area contributed by atoms with Crippen LogP contribution >= 0.6 is 0 Å². The first-order chi connectivity index (χ1) is 16.2. The van der Waals surface area contributed by atoms with Gasteiger partial charge in [-0.3, -0.25) is 4.79 Å². The fourth-order valence-corrected chi connectivity index (χ4v) is 5.42. The number of carbonyl (C=O) groups excluding carboxylic acids is 1. The number of likely N-dealkylation sites (tertiary alicyclic amines) is 1. The molecule has 4 rings (SSSR count). The Kier molecular flexibility index (Phi) is 7.13. The van der Waals surface area contributed by atoms with Gasteiger partial charge in [0.05, 0.1) is 4.90 Å². The first-order valence-electron chi connectivity index (χ1n) is 11.5. The zero-order valence-corrected chi connectivity index (χ0v) is 20.5. The maximum atomic E-state index is 13.3. The van der Waals surface area contributed by atoms with E-state index in [0.717, 1.165) is 11.1 Å². The molecule has 1 aliphatic heterocycles. The van der Waals surface area contributed by atoms with Crippen molar-refractivity contribution >= 4 is 15.9 Å². The number of aromatic nitrogens is 2. The summed E-state index contributed by atoms with van der Waals surface area (Å²) in [5.74, 6) is 0.816. The molecule has 0 spiro atoms. The number of rotatable bonds is 7. The van der Waals surface area contributed by atoms with Crippen LogP contribution in [0.2, 0.25) is 0 Å². The highest BCUT2D eigenvalue weighted by Crippen LogP contribution is 2.29. The first kappa shape index (κ1) is 24.1. The van der Waals surface area contributed by atoms with Crippen LogP contribution in [0, 0.1) is 12.8 Å². The lowest BCUT2D eigenvalue weighted by molar-refractivity contribution is -0.135. The number of carbonyl (C=O) groups is 1. The molecule has 8 nitrogen and oxygen atoms in total. The monoisotopic (exact) mass is 482 g/mol. The van der Waals surface area contributed by atoms with Gasteiger partial charge in [0.2, 0.25) is 15.9 Å². The molecule has 9 heteroatoms. The van der Waals surface area contributed by atoms with Gasteiger partial charge in [-0.25, -0.2) is 8.42 Å². The molecule has 1 atom stereocenters. The van der Waals surface area contributed by atoms with Crippen molar-refractivity contribution in [1.29, 1.82) is 0 Å². The van der Waals surface area contributed by atoms with Gasteiger partial charge in [0.1, 0.15) is 6.04 Å². The second-order valence-electron chi connectivity index (χ2n) is 9.08. The molecule has 3 aromatic rings. The van der Waals surface area contributed by atoms with E-state index in [-0.39, 0.29) is 22.6 Å². The summed E-state index contributed by atoms with van der Waals surface area (Å²) in [5, 5.41) is 4.16. The quantitative estimate of drug-likeness (QED) is 0.550. The summed E-state index contributed by atoms with van der Waals surface area (Å²) in [4.78, 5) is 19.7. The third kappa shape index (κ3) is 5.37. The second-order valence-corrected chi connectivity index (χ2v) is 10.8. The summed E-state index contributed by atoms with van der Waals surface area (Å²) >= 11 is 0. The molecule has 2 aromatic carbocycles. The molecule has 0 unspecified atom stereocenters. The molecule has 1 amide bonds. The molecule has 1 saturated heterocycles. The molecule has 34 heavy (non-hydrogen) atoms. The number of amides is 1. The minimum Gasteiger partial charge on any atom is -0.341 e. The van der Waals surface area contributed by atoms with Gasteiger partial charge in [-0.05, 0) is 49.9 Å². The van der Waals surface area contributed by atoms with Crippen molar-refractivity contribution in [2.45, 2.75) is 50.5 Å². The molecule has 1 N–H and O–H groups in total. The minimum absolute atomic E-state index is 0.0898. The predicted molar refractivity (Wildman–Crippen MR) is 128 cm³/mol. The van der Waals surface area contributed by atoms with E-state index in [9.17, 15) is 13.2 Å². The molecule has 1 aromatic heterocycles. The Hall–Kier alpha value is -3.04. The average Bonchev–Trinajstić information content (AvgIpc) is 3.33. The number of hydrogen-bond acceptors (Lipinski definition) is 6. The molecular formula is C25H30N4O4S. The Labute approximate surface area is 200 Å². The van der Waals surface area contributed by atoms with E-state index in [4.69, 9.17) is 4.52 Å². The van der Waals surface area contributed by atoms with E-state index < -0.39 is 16.1 Å². The van der Waals surface area contributed by atoms with Gasteiger partial charge in [0, 0.05) is 24.6 Å². The summed E-state index contributed by atoms with van der Waals surface area (Å²) in [6, 6.07) is 15.4. The largest absolute Gasteiger partial charge is 0.341 e. The van der Waals surface area contributed by atoms with E-state index in [2.05, 4.69) is 14.9 Å². The highest BCUT2D eigenvalue weighted by molar-refractivity contribution is 7.89. The lowest BCUT2D eigenvalue weighted by atomic mass is 9.94. The highest BCUT2D eigenvalue weighted by atomic mass is 32.2. The maximum absolute atomic E-state index is 13.3. The zero-order chi connectivity index (χ0) is 24.3. The van der Waals surface area contributed by atoms with Gasteiger partial charge in [0.15, 0.2) is 5.82 Å². The molecule has 1 aliphatic rings. The van der Waals surface area contributed by atoms with Gasteiger partial charge in [-0.1, -0.05) is 54.9 Å². The number of hydrogen-bond donors (Lipinski definition) is 1. The maximum Gasteiger partial charge on any atom is 0.257 e. The fourth-order valence-electron chi connectivity index (χ4n) is 4.08. The van der Waals surface area contributed by atoms with Crippen LogP contribution in [-0.2, 0) is 14.8 Å². The standard InChI is InChI=1S/C25H30N4O4S/c1-17(2)22(28-34(31,32)21-11-9-18(3)10-12-21)25(30)29-15-13-19(14-16-29)23-26-24(33-27-23)20-7-5-4-6-8-20/h4-12,17,19,22,28H,13-16H2,1-3H3/t22-/m1/s1. The summed E-state index contributed by atoms with van der Waals surface area (Å²) in [5.41, 5.74) is 1.84. The first-order valence-corrected chi connectivity index (χ1v) is 13.0. The Bertz CT molecular complexity index is 1220. The third-order valence-corrected chi connectivity index (χ3v) is 7.64. The molecule has 0 bridgehead atoms. The van der Waals surface area contributed by atoms with E-state index in [1.807, 2.05) is 51.1 Å². The number of piperidine rings is 1. The normalized spacial score (nSPS) is 16.1. The van der Waals surface area contributed by atoms with Crippen LogP contribution in [-0.4, -0.2) is 48.5 Å². The van der Waals surface area contributed by atoms with E-state index >= 15 is 0 Å². The Balaban J connectivity index is 1.40. The van der Waals surface area contributed by atoms with Crippen LogP contribution < -0.4 is 4.72 Å². The minimum atomic E-state index is -3.81. The highest BCUT2D eigenvalue weighted by Gasteiger charge is 2.34. The lowest BCUT2D eigenvalue weighted by Crippen LogP contribution is -2.52. The van der Waals surface area contributed by atoms with Crippen LogP contribution in [0.25, 0.3) is 11.5 Å².